The highest BCUT2D eigenvalue weighted by Crippen LogP contribution is 2.56. The van der Waals surface area contributed by atoms with Crippen LogP contribution in [0.15, 0.2) is 60.7 Å². The largest absolute Gasteiger partial charge is 0.508 e. The maximum atomic E-state index is 12.5. The Balaban J connectivity index is 0.00000168. The monoisotopic (exact) mass is 350 g/mol. The zero-order valence-electron chi connectivity index (χ0n) is 13.9. The van der Waals surface area contributed by atoms with E-state index in [-0.39, 0.29) is 17.6 Å². The Morgan fingerprint density at radius 1 is 0.769 bits per heavy atom. The highest BCUT2D eigenvalue weighted by atomic mass is 16.6. The van der Waals surface area contributed by atoms with E-state index in [1.54, 1.807) is 24.3 Å². The van der Waals surface area contributed by atoms with Gasteiger partial charge in [0.2, 0.25) is 0 Å². The summed E-state index contributed by atoms with van der Waals surface area (Å²) in [5.74, 6) is 0.408. The number of hydrogen-bond acceptors (Lipinski definition) is 5. The van der Waals surface area contributed by atoms with Crippen LogP contribution in [0.2, 0.25) is 0 Å². The molecule has 0 radical (unpaired) electrons. The highest BCUT2D eigenvalue weighted by Gasteiger charge is 2.53. The molecule has 0 atom stereocenters. The van der Waals surface area contributed by atoms with Crippen LogP contribution in [0, 0.1) is 0 Å². The summed E-state index contributed by atoms with van der Waals surface area (Å²) in [4.78, 5) is 12.5. The molecule has 0 amide bonds. The molecule has 0 unspecified atom stereocenters. The summed E-state index contributed by atoms with van der Waals surface area (Å²) in [5, 5.41) is 19.7. The Hall–Kier alpha value is -3.51. The lowest BCUT2D eigenvalue weighted by atomic mass is 9.77. The summed E-state index contributed by atoms with van der Waals surface area (Å²) < 4.78 is 11.8. The fourth-order valence-electron chi connectivity index (χ4n) is 3.65. The summed E-state index contributed by atoms with van der Waals surface area (Å²) in [6.45, 7) is 0. The van der Waals surface area contributed by atoms with Crippen molar-refractivity contribution in [1.29, 1.82) is 0 Å². The van der Waals surface area contributed by atoms with Crippen LogP contribution in [0.5, 0.6) is 23.0 Å². The molecule has 6 heteroatoms. The normalized spacial score (nSPS) is 15.2. The molecule has 0 aromatic heterocycles. The van der Waals surface area contributed by atoms with Crippen molar-refractivity contribution in [3.8, 4) is 23.0 Å². The van der Waals surface area contributed by atoms with Crippen molar-refractivity contribution in [2.45, 2.75) is 5.60 Å². The van der Waals surface area contributed by atoms with E-state index in [9.17, 15) is 15.0 Å². The third kappa shape index (κ3) is 1.87. The SMILES string of the molecule is O=C1OC2(c3ccc(O)cc3Oc3cc(O)ccc32)c2ccccc21.[NH4+]. The van der Waals surface area contributed by atoms with E-state index in [1.807, 2.05) is 12.1 Å². The number of aromatic hydroxyl groups is 2. The lowest BCUT2D eigenvalue weighted by molar-refractivity contribution is 0.0224. The fourth-order valence-corrected chi connectivity index (χ4v) is 3.65. The number of phenolic OH excluding ortho intramolecular Hbond substituents is 2. The van der Waals surface area contributed by atoms with E-state index >= 15 is 0 Å². The first-order chi connectivity index (χ1) is 12.1. The van der Waals surface area contributed by atoms with Crippen LogP contribution in [-0.4, -0.2) is 16.2 Å². The second-order valence-corrected chi connectivity index (χ2v) is 6.08. The summed E-state index contributed by atoms with van der Waals surface area (Å²) in [7, 11) is 0. The van der Waals surface area contributed by atoms with Crippen LogP contribution >= 0.6 is 0 Å². The van der Waals surface area contributed by atoms with Gasteiger partial charge < -0.3 is 25.8 Å². The van der Waals surface area contributed by atoms with Gasteiger partial charge in [-0.15, -0.1) is 0 Å². The Bertz CT molecular complexity index is 1010. The first kappa shape index (κ1) is 16.0. The van der Waals surface area contributed by atoms with Gasteiger partial charge in [-0.2, -0.15) is 0 Å². The Kier molecular flexibility index (Phi) is 3.22. The molecule has 0 saturated heterocycles. The van der Waals surface area contributed by atoms with Gasteiger partial charge in [0.15, 0.2) is 5.60 Å². The standard InChI is InChI=1S/C20H12O5.H3N/c21-11-5-7-15-17(9-11)24-18-10-12(22)6-8-16(18)20(15)14-4-2-1-3-13(14)19(23)25-20;/h1-10,21-22H;1H3/p+1. The number of quaternary nitrogens is 1. The minimum atomic E-state index is -1.17. The zero-order valence-corrected chi connectivity index (χ0v) is 13.9. The second kappa shape index (κ2) is 5.24. The van der Waals surface area contributed by atoms with Gasteiger partial charge in [-0.25, -0.2) is 4.79 Å². The van der Waals surface area contributed by atoms with Gasteiger partial charge in [0.05, 0.1) is 5.56 Å². The molecule has 0 saturated carbocycles. The predicted octanol–water partition coefficient (Wildman–Crippen LogP) is 4.04. The summed E-state index contributed by atoms with van der Waals surface area (Å²) in [6.07, 6.45) is 0. The van der Waals surface area contributed by atoms with Gasteiger partial charge >= 0.3 is 5.97 Å². The molecule has 5 rings (SSSR count). The number of rotatable bonds is 0. The van der Waals surface area contributed by atoms with Crippen molar-refractivity contribution in [1.82, 2.24) is 6.15 Å². The number of esters is 1. The number of ether oxygens (including phenoxy) is 2. The molecule has 130 valence electrons. The molecule has 6 nitrogen and oxygen atoms in total. The van der Waals surface area contributed by atoms with Gasteiger partial charge in [0.1, 0.15) is 23.0 Å². The van der Waals surface area contributed by atoms with Gasteiger partial charge in [0.25, 0.3) is 0 Å². The molecular weight excluding hydrogens is 334 g/mol. The lowest BCUT2D eigenvalue weighted by Crippen LogP contribution is -2.32. The number of carbonyl (C=O) groups excluding carboxylic acids is 1. The van der Waals surface area contributed by atoms with E-state index in [2.05, 4.69) is 0 Å². The average Bonchev–Trinajstić information content (AvgIpc) is 2.88. The van der Waals surface area contributed by atoms with Crippen molar-refractivity contribution in [3.63, 3.8) is 0 Å². The molecule has 1 spiro atoms. The smallest absolute Gasteiger partial charge is 0.340 e. The first-order valence-electron chi connectivity index (χ1n) is 7.77. The van der Waals surface area contributed by atoms with Crippen molar-refractivity contribution in [3.05, 3.63) is 82.9 Å². The number of hydrogen-bond donors (Lipinski definition) is 3. The third-order valence-electron chi connectivity index (χ3n) is 4.68. The number of carbonyl (C=O) groups is 1. The summed E-state index contributed by atoms with van der Waals surface area (Å²) in [6, 6.07) is 16.6. The maximum absolute atomic E-state index is 12.5. The summed E-state index contributed by atoms with van der Waals surface area (Å²) in [5.41, 5.74) is 1.28. The minimum absolute atomic E-state index is 0. The highest BCUT2D eigenvalue weighted by molar-refractivity contribution is 5.97. The van der Waals surface area contributed by atoms with Crippen molar-refractivity contribution in [2.24, 2.45) is 0 Å². The van der Waals surface area contributed by atoms with Crippen molar-refractivity contribution >= 4 is 5.97 Å². The van der Waals surface area contributed by atoms with Gasteiger partial charge in [-0.1, -0.05) is 18.2 Å². The number of phenols is 2. The van der Waals surface area contributed by atoms with Gasteiger partial charge in [0, 0.05) is 28.8 Å². The van der Waals surface area contributed by atoms with Gasteiger partial charge in [-0.3, -0.25) is 0 Å². The number of fused-ring (bicyclic) bond motifs is 6. The number of benzene rings is 3. The Labute approximate surface area is 148 Å². The van der Waals surface area contributed by atoms with E-state index in [0.717, 1.165) is 0 Å². The molecule has 2 heterocycles. The molecule has 3 aromatic rings. The van der Waals surface area contributed by atoms with E-state index in [4.69, 9.17) is 9.47 Å². The average molecular weight is 350 g/mol. The van der Waals surface area contributed by atoms with Crippen molar-refractivity contribution < 1.29 is 24.5 Å². The van der Waals surface area contributed by atoms with Crippen molar-refractivity contribution in [2.75, 3.05) is 0 Å². The molecule has 0 aliphatic carbocycles. The van der Waals surface area contributed by atoms with E-state index in [1.165, 1.54) is 24.3 Å². The van der Waals surface area contributed by atoms with Crippen LogP contribution in [0.25, 0.3) is 0 Å². The molecule has 26 heavy (non-hydrogen) atoms. The molecule has 6 N–H and O–H groups in total. The van der Waals surface area contributed by atoms with Crippen LogP contribution in [-0.2, 0) is 10.3 Å². The third-order valence-corrected chi connectivity index (χ3v) is 4.68. The summed E-state index contributed by atoms with van der Waals surface area (Å²) >= 11 is 0. The Morgan fingerprint density at radius 2 is 1.35 bits per heavy atom. The molecule has 2 aliphatic heterocycles. The molecule has 0 bridgehead atoms. The molecular formula is C20H16NO5+. The topological polar surface area (TPSA) is 112 Å². The predicted molar refractivity (Wildman–Crippen MR) is 94.0 cm³/mol. The van der Waals surface area contributed by atoms with Crippen LogP contribution in [0.4, 0.5) is 0 Å². The van der Waals surface area contributed by atoms with Crippen LogP contribution in [0.3, 0.4) is 0 Å². The molecule has 3 aromatic carbocycles. The maximum Gasteiger partial charge on any atom is 0.340 e. The fraction of sp³-hybridized carbons (Fsp3) is 0.0500. The van der Waals surface area contributed by atoms with Crippen LogP contribution in [0.1, 0.15) is 27.0 Å². The van der Waals surface area contributed by atoms with Crippen LogP contribution < -0.4 is 10.9 Å². The molecule has 2 aliphatic rings. The Morgan fingerprint density at radius 3 is 1.96 bits per heavy atom. The second-order valence-electron chi connectivity index (χ2n) is 6.08. The quantitative estimate of drug-likeness (QED) is 0.530. The molecule has 0 fully saturated rings. The first-order valence-corrected chi connectivity index (χ1v) is 7.77. The minimum Gasteiger partial charge on any atom is -0.508 e. The van der Waals surface area contributed by atoms with E-state index < -0.39 is 11.6 Å². The van der Waals surface area contributed by atoms with E-state index in [0.29, 0.717) is 33.8 Å². The zero-order chi connectivity index (χ0) is 17.2. The lowest BCUT2D eigenvalue weighted by Gasteiger charge is -2.36. The van der Waals surface area contributed by atoms with Gasteiger partial charge in [-0.05, 0) is 30.3 Å².